The van der Waals surface area contributed by atoms with E-state index < -0.39 is 5.54 Å². The maximum atomic E-state index is 12.6. The molecule has 0 N–H and O–H groups in total. The zero-order valence-electron chi connectivity index (χ0n) is 11.4. The standard InChI is InChI=1S/C13H20N3O2/c1-12(2)10-15(8-9-18-12)11(17)13(3,4)16-7-5-6-14-16/h6-7H,8-10H2,1-4H3. The fourth-order valence-corrected chi connectivity index (χ4v) is 2.21. The number of amides is 1. The Bertz CT molecular complexity index is 423. The molecule has 1 radical (unpaired) electrons. The van der Waals surface area contributed by atoms with E-state index in [1.165, 1.54) is 0 Å². The largest absolute Gasteiger partial charge is 0.372 e. The SMILES string of the molecule is CC1(C)CN(C(=O)C(C)(C)n2c[c]cn2)CCO1. The van der Waals surface area contributed by atoms with E-state index in [4.69, 9.17) is 4.74 Å². The molecule has 0 bridgehead atoms. The lowest BCUT2D eigenvalue weighted by Crippen LogP contribution is -2.56. The summed E-state index contributed by atoms with van der Waals surface area (Å²) in [7, 11) is 0. The molecule has 1 aliphatic rings. The van der Waals surface area contributed by atoms with E-state index in [0.29, 0.717) is 19.7 Å². The van der Waals surface area contributed by atoms with Crippen molar-refractivity contribution in [1.29, 1.82) is 0 Å². The maximum Gasteiger partial charge on any atom is 0.250 e. The summed E-state index contributed by atoms with van der Waals surface area (Å²) >= 11 is 0. The van der Waals surface area contributed by atoms with Gasteiger partial charge in [0.05, 0.1) is 18.4 Å². The van der Waals surface area contributed by atoms with E-state index in [1.807, 2.05) is 32.6 Å². The van der Waals surface area contributed by atoms with E-state index in [0.717, 1.165) is 0 Å². The Morgan fingerprint density at radius 1 is 1.50 bits per heavy atom. The van der Waals surface area contributed by atoms with Crippen molar-refractivity contribution in [3.63, 3.8) is 0 Å². The second kappa shape index (κ2) is 4.39. The van der Waals surface area contributed by atoms with Gasteiger partial charge in [0.15, 0.2) is 0 Å². The molecule has 99 valence electrons. The quantitative estimate of drug-likeness (QED) is 0.788. The van der Waals surface area contributed by atoms with E-state index >= 15 is 0 Å². The van der Waals surface area contributed by atoms with Crippen LogP contribution in [0.15, 0.2) is 12.4 Å². The molecule has 2 rings (SSSR count). The van der Waals surface area contributed by atoms with Crippen LogP contribution in [0.25, 0.3) is 0 Å². The van der Waals surface area contributed by atoms with Crippen LogP contribution in [-0.4, -0.2) is 45.9 Å². The van der Waals surface area contributed by atoms with E-state index in [9.17, 15) is 4.79 Å². The van der Waals surface area contributed by atoms with Crippen molar-refractivity contribution < 1.29 is 9.53 Å². The summed E-state index contributed by atoms with van der Waals surface area (Å²) in [6, 6.07) is 2.87. The van der Waals surface area contributed by atoms with Crippen LogP contribution in [0.1, 0.15) is 27.7 Å². The van der Waals surface area contributed by atoms with Crippen molar-refractivity contribution in [3.8, 4) is 0 Å². The zero-order valence-corrected chi connectivity index (χ0v) is 11.4. The lowest BCUT2D eigenvalue weighted by Gasteiger charge is -2.41. The Hall–Kier alpha value is -1.36. The molecule has 0 aliphatic carbocycles. The van der Waals surface area contributed by atoms with Crippen LogP contribution in [0.2, 0.25) is 0 Å². The monoisotopic (exact) mass is 250 g/mol. The summed E-state index contributed by atoms with van der Waals surface area (Å²) in [6.07, 6.45) is 3.27. The average Bonchev–Trinajstić information content (AvgIpc) is 2.80. The smallest absolute Gasteiger partial charge is 0.250 e. The number of hydrogen-bond donors (Lipinski definition) is 0. The van der Waals surface area contributed by atoms with Gasteiger partial charge >= 0.3 is 0 Å². The molecule has 0 atom stereocenters. The highest BCUT2D eigenvalue weighted by Crippen LogP contribution is 2.22. The van der Waals surface area contributed by atoms with Crippen LogP contribution in [0, 0.1) is 6.07 Å². The number of rotatable bonds is 2. The number of carbonyl (C=O) groups excluding carboxylic acids is 1. The van der Waals surface area contributed by atoms with Crippen molar-refractivity contribution in [2.45, 2.75) is 38.8 Å². The molecule has 1 amide bonds. The summed E-state index contributed by atoms with van der Waals surface area (Å²) in [5.41, 5.74) is -0.965. The summed E-state index contributed by atoms with van der Waals surface area (Å²) in [5.74, 6) is 0.0657. The lowest BCUT2D eigenvalue weighted by molar-refractivity contribution is -0.154. The predicted molar refractivity (Wildman–Crippen MR) is 67.0 cm³/mol. The van der Waals surface area contributed by atoms with Gasteiger partial charge in [-0.05, 0) is 27.7 Å². The molecule has 18 heavy (non-hydrogen) atoms. The van der Waals surface area contributed by atoms with Gasteiger partial charge in [0.1, 0.15) is 5.54 Å². The normalized spacial score (nSPS) is 19.9. The van der Waals surface area contributed by atoms with Crippen molar-refractivity contribution in [2.75, 3.05) is 19.7 Å². The molecule has 0 saturated carbocycles. The molecule has 0 aromatic carbocycles. The summed E-state index contributed by atoms with van der Waals surface area (Å²) in [4.78, 5) is 14.5. The van der Waals surface area contributed by atoms with Crippen molar-refractivity contribution in [2.24, 2.45) is 0 Å². The molecule has 1 aliphatic heterocycles. The number of carbonyl (C=O) groups is 1. The first kappa shape index (κ1) is 13.1. The van der Waals surface area contributed by atoms with Crippen molar-refractivity contribution in [3.05, 3.63) is 18.5 Å². The van der Waals surface area contributed by atoms with E-state index in [-0.39, 0.29) is 11.5 Å². The van der Waals surface area contributed by atoms with Gasteiger partial charge in [-0.15, -0.1) is 0 Å². The number of hydrogen-bond acceptors (Lipinski definition) is 3. The topological polar surface area (TPSA) is 47.4 Å². The van der Waals surface area contributed by atoms with E-state index in [2.05, 4.69) is 11.2 Å². The Kier molecular flexibility index (Phi) is 3.19. The van der Waals surface area contributed by atoms with Gasteiger partial charge in [-0.2, -0.15) is 5.10 Å². The molecular weight excluding hydrogens is 230 g/mol. The lowest BCUT2D eigenvalue weighted by atomic mass is 10.0. The van der Waals surface area contributed by atoms with Crippen LogP contribution < -0.4 is 0 Å². The van der Waals surface area contributed by atoms with Crippen molar-refractivity contribution >= 4 is 5.91 Å². The fourth-order valence-electron chi connectivity index (χ4n) is 2.21. The summed E-state index contributed by atoms with van der Waals surface area (Å²) in [5, 5.41) is 4.12. The molecule has 1 aromatic rings. The first-order valence-corrected chi connectivity index (χ1v) is 6.17. The fraction of sp³-hybridized carbons (Fsp3) is 0.692. The summed E-state index contributed by atoms with van der Waals surface area (Å²) in [6.45, 7) is 9.58. The van der Waals surface area contributed by atoms with Gasteiger partial charge in [0.2, 0.25) is 5.91 Å². The zero-order chi connectivity index (χ0) is 13.4. The molecule has 5 nitrogen and oxygen atoms in total. The molecule has 2 heterocycles. The highest BCUT2D eigenvalue weighted by Gasteiger charge is 2.38. The molecule has 1 saturated heterocycles. The third-order valence-corrected chi connectivity index (χ3v) is 3.26. The van der Waals surface area contributed by atoms with Crippen LogP contribution >= 0.6 is 0 Å². The molecule has 5 heteroatoms. The maximum absolute atomic E-state index is 12.6. The highest BCUT2D eigenvalue weighted by molar-refractivity contribution is 5.83. The van der Waals surface area contributed by atoms with Gasteiger partial charge < -0.3 is 9.64 Å². The highest BCUT2D eigenvalue weighted by atomic mass is 16.5. The van der Waals surface area contributed by atoms with Crippen LogP contribution in [0.3, 0.4) is 0 Å². The molecule has 0 unspecified atom stereocenters. The molecular formula is C13H20N3O2. The third kappa shape index (κ3) is 2.41. The minimum Gasteiger partial charge on any atom is -0.372 e. The Morgan fingerprint density at radius 3 is 2.78 bits per heavy atom. The van der Waals surface area contributed by atoms with Gasteiger partial charge in [0, 0.05) is 25.4 Å². The Balaban J connectivity index is 2.16. The minimum atomic E-state index is -0.687. The third-order valence-electron chi connectivity index (χ3n) is 3.26. The van der Waals surface area contributed by atoms with Gasteiger partial charge in [-0.25, -0.2) is 0 Å². The van der Waals surface area contributed by atoms with Crippen molar-refractivity contribution in [1.82, 2.24) is 14.7 Å². The predicted octanol–water partition coefficient (Wildman–Crippen LogP) is 1.06. The van der Waals surface area contributed by atoms with Crippen LogP contribution in [0.4, 0.5) is 0 Å². The second-order valence-electron chi connectivity index (χ2n) is 5.78. The molecule has 0 spiro atoms. The number of aromatic nitrogens is 2. The Labute approximate surface area is 108 Å². The average molecular weight is 250 g/mol. The molecule has 1 fully saturated rings. The van der Waals surface area contributed by atoms with Gasteiger partial charge in [-0.1, -0.05) is 0 Å². The van der Waals surface area contributed by atoms with Crippen LogP contribution in [0.5, 0.6) is 0 Å². The first-order chi connectivity index (χ1) is 8.33. The first-order valence-electron chi connectivity index (χ1n) is 6.17. The second-order valence-corrected chi connectivity index (χ2v) is 5.78. The van der Waals surface area contributed by atoms with Gasteiger partial charge in [0.25, 0.3) is 0 Å². The van der Waals surface area contributed by atoms with Crippen LogP contribution in [-0.2, 0) is 15.1 Å². The van der Waals surface area contributed by atoms with Gasteiger partial charge in [-0.3, -0.25) is 9.48 Å². The number of ether oxygens (including phenoxy) is 1. The Morgan fingerprint density at radius 2 is 2.22 bits per heavy atom. The summed E-state index contributed by atoms with van der Waals surface area (Å²) < 4.78 is 7.28. The van der Waals surface area contributed by atoms with E-state index in [1.54, 1.807) is 17.1 Å². The minimum absolute atomic E-state index is 0.0657. The number of morpholine rings is 1. The molecule has 1 aromatic heterocycles. The number of nitrogens with zero attached hydrogens (tertiary/aromatic N) is 3.